The molecule has 0 aromatic carbocycles. The summed E-state index contributed by atoms with van der Waals surface area (Å²) in [7, 11) is 1.91. The fourth-order valence-corrected chi connectivity index (χ4v) is 1.48. The number of hydrogen-bond acceptors (Lipinski definition) is 3. The molecule has 1 heterocycles. The van der Waals surface area contributed by atoms with E-state index in [1.807, 2.05) is 24.7 Å². The number of aromatic nitrogens is 2. The first-order chi connectivity index (χ1) is 8.15. The fourth-order valence-electron chi connectivity index (χ4n) is 1.48. The van der Waals surface area contributed by atoms with Gasteiger partial charge in [0.05, 0.1) is 6.04 Å². The van der Waals surface area contributed by atoms with E-state index < -0.39 is 0 Å². The molecule has 17 heavy (non-hydrogen) atoms. The maximum atomic E-state index is 11.5. The summed E-state index contributed by atoms with van der Waals surface area (Å²) in [4.78, 5) is 11.5. The van der Waals surface area contributed by atoms with Gasteiger partial charge in [-0.1, -0.05) is 6.08 Å². The highest BCUT2D eigenvalue weighted by Crippen LogP contribution is 1.96. The molecule has 0 aliphatic heterocycles. The Bertz CT molecular complexity index is 372. The van der Waals surface area contributed by atoms with Crippen molar-refractivity contribution in [1.29, 1.82) is 0 Å². The first-order valence-corrected chi connectivity index (χ1v) is 5.74. The molecule has 0 fully saturated rings. The van der Waals surface area contributed by atoms with Crippen LogP contribution >= 0.6 is 0 Å². The van der Waals surface area contributed by atoms with Gasteiger partial charge in [-0.25, -0.2) is 0 Å². The largest absolute Gasteiger partial charge is 0.351 e. The molecule has 1 aromatic heterocycles. The molecule has 0 bridgehead atoms. The number of hydrogen-bond donors (Lipinski definition) is 2. The van der Waals surface area contributed by atoms with Gasteiger partial charge in [0.15, 0.2) is 0 Å². The van der Waals surface area contributed by atoms with E-state index in [1.54, 1.807) is 12.3 Å². The van der Waals surface area contributed by atoms with E-state index in [2.05, 4.69) is 22.3 Å². The molecule has 1 rings (SSSR count). The minimum atomic E-state index is -0.192. The fraction of sp³-hybridized carbons (Fsp3) is 0.500. The van der Waals surface area contributed by atoms with Crippen LogP contribution in [-0.2, 0) is 18.3 Å². The maximum absolute atomic E-state index is 11.5. The zero-order valence-corrected chi connectivity index (χ0v) is 10.4. The molecule has 0 spiro atoms. The lowest BCUT2D eigenvalue weighted by molar-refractivity contribution is -0.122. The van der Waals surface area contributed by atoms with Crippen molar-refractivity contribution in [3.8, 4) is 0 Å². The van der Waals surface area contributed by atoms with Crippen LogP contribution in [0.1, 0.15) is 12.6 Å². The molecule has 5 heteroatoms. The summed E-state index contributed by atoms with van der Waals surface area (Å²) in [5, 5.41) is 10.0. The molecular weight excluding hydrogens is 216 g/mol. The lowest BCUT2D eigenvalue weighted by Gasteiger charge is -2.13. The third kappa shape index (κ3) is 4.40. The van der Waals surface area contributed by atoms with E-state index in [0.717, 1.165) is 18.7 Å². The molecule has 1 aromatic rings. The molecule has 0 saturated heterocycles. The maximum Gasteiger partial charge on any atom is 0.237 e. The van der Waals surface area contributed by atoms with Gasteiger partial charge in [0.25, 0.3) is 0 Å². The monoisotopic (exact) mass is 236 g/mol. The highest BCUT2D eigenvalue weighted by Gasteiger charge is 2.10. The van der Waals surface area contributed by atoms with Crippen LogP contribution in [-0.4, -0.2) is 34.8 Å². The summed E-state index contributed by atoms with van der Waals surface area (Å²) < 4.78 is 1.84. The van der Waals surface area contributed by atoms with Gasteiger partial charge in [-0.05, 0) is 13.0 Å². The second-order valence-electron chi connectivity index (χ2n) is 3.91. The van der Waals surface area contributed by atoms with Crippen molar-refractivity contribution < 1.29 is 4.79 Å². The Morgan fingerprint density at radius 1 is 1.71 bits per heavy atom. The topological polar surface area (TPSA) is 59.0 Å². The van der Waals surface area contributed by atoms with Gasteiger partial charge in [0.2, 0.25) is 5.91 Å². The first kappa shape index (κ1) is 13.4. The highest BCUT2D eigenvalue weighted by molar-refractivity contribution is 5.81. The quantitative estimate of drug-likeness (QED) is 0.667. The predicted molar refractivity (Wildman–Crippen MR) is 67.6 cm³/mol. The highest BCUT2D eigenvalue weighted by atomic mass is 16.2. The Balaban J connectivity index is 2.24. The van der Waals surface area contributed by atoms with Crippen molar-refractivity contribution in [1.82, 2.24) is 20.4 Å². The van der Waals surface area contributed by atoms with Gasteiger partial charge in [-0.2, -0.15) is 5.10 Å². The Morgan fingerprint density at radius 3 is 3.06 bits per heavy atom. The standard InChI is InChI=1S/C12H20N4O/c1-4-7-14-12(17)10(2)13-8-5-11-6-9-15-16(11)3/h4,6,9-10,13H,1,5,7-8H2,2-3H3,(H,14,17). The smallest absolute Gasteiger partial charge is 0.237 e. The lowest BCUT2D eigenvalue weighted by atomic mass is 10.2. The Morgan fingerprint density at radius 2 is 2.47 bits per heavy atom. The van der Waals surface area contributed by atoms with Crippen LogP contribution in [0.4, 0.5) is 0 Å². The van der Waals surface area contributed by atoms with Gasteiger partial charge in [-0.15, -0.1) is 6.58 Å². The summed E-state index contributed by atoms with van der Waals surface area (Å²) in [6.45, 7) is 6.66. The first-order valence-electron chi connectivity index (χ1n) is 5.74. The molecule has 5 nitrogen and oxygen atoms in total. The van der Waals surface area contributed by atoms with Crippen LogP contribution in [0.15, 0.2) is 24.9 Å². The van der Waals surface area contributed by atoms with Crippen molar-refractivity contribution >= 4 is 5.91 Å². The predicted octanol–water partition coefficient (Wildman–Crippen LogP) is 0.243. The molecule has 94 valence electrons. The number of aryl methyl sites for hydroxylation is 1. The van der Waals surface area contributed by atoms with Crippen LogP contribution in [0.25, 0.3) is 0 Å². The summed E-state index contributed by atoms with van der Waals surface area (Å²) in [6, 6.07) is 1.78. The molecule has 0 saturated carbocycles. The number of amides is 1. The number of nitrogens with zero attached hydrogens (tertiary/aromatic N) is 2. The summed E-state index contributed by atoms with van der Waals surface area (Å²) in [6.07, 6.45) is 4.30. The minimum Gasteiger partial charge on any atom is -0.351 e. The number of carbonyl (C=O) groups excluding carboxylic acids is 1. The average molecular weight is 236 g/mol. The van der Waals surface area contributed by atoms with Crippen LogP contribution in [0.3, 0.4) is 0 Å². The van der Waals surface area contributed by atoms with E-state index in [9.17, 15) is 4.79 Å². The molecule has 1 atom stereocenters. The molecule has 1 unspecified atom stereocenters. The Kier molecular flexibility index (Phi) is 5.42. The molecule has 2 N–H and O–H groups in total. The van der Waals surface area contributed by atoms with Crippen molar-refractivity contribution in [3.63, 3.8) is 0 Å². The number of rotatable bonds is 7. The van der Waals surface area contributed by atoms with Crippen molar-refractivity contribution in [2.75, 3.05) is 13.1 Å². The van der Waals surface area contributed by atoms with Crippen molar-refractivity contribution in [3.05, 3.63) is 30.6 Å². The van der Waals surface area contributed by atoms with Gasteiger partial charge in [-0.3, -0.25) is 9.48 Å². The molecule has 0 radical (unpaired) electrons. The number of carbonyl (C=O) groups is 1. The van der Waals surface area contributed by atoms with Crippen LogP contribution in [0.2, 0.25) is 0 Å². The Hall–Kier alpha value is -1.62. The zero-order valence-electron chi connectivity index (χ0n) is 10.4. The van der Waals surface area contributed by atoms with Crippen molar-refractivity contribution in [2.45, 2.75) is 19.4 Å². The molecule has 1 amide bonds. The summed E-state index contributed by atoms with van der Waals surface area (Å²) in [5.74, 6) is -0.00472. The van der Waals surface area contributed by atoms with Gasteiger partial charge in [0, 0.05) is 38.4 Å². The van der Waals surface area contributed by atoms with Gasteiger partial charge in [0.1, 0.15) is 0 Å². The second-order valence-corrected chi connectivity index (χ2v) is 3.91. The van der Waals surface area contributed by atoms with E-state index >= 15 is 0 Å². The number of nitrogens with one attached hydrogen (secondary N) is 2. The summed E-state index contributed by atoms with van der Waals surface area (Å²) >= 11 is 0. The normalized spacial score (nSPS) is 12.1. The van der Waals surface area contributed by atoms with Gasteiger partial charge >= 0.3 is 0 Å². The van der Waals surface area contributed by atoms with Crippen molar-refractivity contribution in [2.24, 2.45) is 7.05 Å². The van der Waals surface area contributed by atoms with E-state index in [0.29, 0.717) is 6.54 Å². The average Bonchev–Trinajstić information content (AvgIpc) is 2.72. The van der Waals surface area contributed by atoms with Crippen LogP contribution < -0.4 is 10.6 Å². The van der Waals surface area contributed by atoms with E-state index in [1.165, 1.54) is 0 Å². The third-order valence-electron chi connectivity index (χ3n) is 2.57. The van der Waals surface area contributed by atoms with Gasteiger partial charge < -0.3 is 10.6 Å². The molecular formula is C12H20N4O. The molecule has 0 aliphatic carbocycles. The van der Waals surface area contributed by atoms with Crippen LogP contribution in [0.5, 0.6) is 0 Å². The summed E-state index contributed by atoms with van der Waals surface area (Å²) in [5.41, 5.74) is 1.15. The Labute approximate surface area is 102 Å². The van der Waals surface area contributed by atoms with E-state index in [4.69, 9.17) is 0 Å². The third-order valence-corrected chi connectivity index (χ3v) is 2.57. The zero-order chi connectivity index (χ0) is 12.7. The minimum absolute atomic E-state index is 0.00472. The second kappa shape index (κ2) is 6.85. The van der Waals surface area contributed by atoms with E-state index in [-0.39, 0.29) is 11.9 Å². The SMILES string of the molecule is C=CCNC(=O)C(C)NCCc1ccnn1C. The van der Waals surface area contributed by atoms with Crippen LogP contribution in [0, 0.1) is 0 Å². The molecule has 0 aliphatic rings. The lowest BCUT2D eigenvalue weighted by Crippen LogP contribution is -2.42.